The van der Waals surface area contributed by atoms with E-state index in [0.717, 1.165) is 16.7 Å². The van der Waals surface area contributed by atoms with Gasteiger partial charge in [0.2, 0.25) is 0 Å². The van der Waals surface area contributed by atoms with Gasteiger partial charge in [0.25, 0.3) is 11.6 Å². The lowest BCUT2D eigenvalue weighted by Crippen LogP contribution is -2.31. The summed E-state index contributed by atoms with van der Waals surface area (Å²) in [5, 5.41) is 13.3. The number of anilines is 2. The normalized spacial score (nSPS) is 10.2. The van der Waals surface area contributed by atoms with Gasteiger partial charge in [0.15, 0.2) is 6.61 Å². The van der Waals surface area contributed by atoms with Gasteiger partial charge in [-0.15, -0.1) is 0 Å². The Morgan fingerprint density at radius 2 is 1.74 bits per heavy atom. The molecule has 2 amide bonds. The Morgan fingerprint density at radius 1 is 1.15 bits per heavy atom. The van der Waals surface area contributed by atoms with Gasteiger partial charge in [-0.2, -0.15) is 0 Å². The molecule has 0 aliphatic rings. The lowest BCUT2D eigenvalue weighted by Gasteiger charge is -2.21. The van der Waals surface area contributed by atoms with E-state index < -0.39 is 23.5 Å². The molecule has 0 saturated heterocycles. The van der Waals surface area contributed by atoms with Crippen LogP contribution in [0.15, 0.2) is 36.4 Å². The molecule has 0 aliphatic heterocycles. The van der Waals surface area contributed by atoms with Crippen molar-refractivity contribution in [2.24, 2.45) is 0 Å². The number of carbonyl (C=O) groups is 2. The predicted molar refractivity (Wildman–Crippen MR) is 102 cm³/mol. The zero-order valence-electron chi connectivity index (χ0n) is 15.6. The number of rotatable bonds is 5. The van der Waals surface area contributed by atoms with Crippen LogP contribution in [0.2, 0.25) is 0 Å². The van der Waals surface area contributed by atoms with Gasteiger partial charge in [-0.1, -0.05) is 29.8 Å². The molecule has 2 rings (SSSR count). The standard InChI is InChI=1S/C19H21N3O5/c1-12-9-13(2)18(14(3)10-12)21(4)19(24)27-11-17(23)20-15-7-5-6-8-16(15)22(25)26/h5-10H,11H2,1-4H3,(H,20,23). The molecule has 2 aromatic carbocycles. The minimum atomic E-state index is -0.692. The molecule has 0 aromatic heterocycles. The van der Waals surface area contributed by atoms with Gasteiger partial charge < -0.3 is 10.1 Å². The summed E-state index contributed by atoms with van der Waals surface area (Å²) >= 11 is 0. The summed E-state index contributed by atoms with van der Waals surface area (Å²) in [6.07, 6.45) is -0.692. The number of nitro groups is 1. The molecule has 0 bridgehead atoms. The SMILES string of the molecule is Cc1cc(C)c(N(C)C(=O)OCC(=O)Nc2ccccc2[N+](=O)[O-])c(C)c1. The smallest absolute Gasteiger partial charge is 0.414 e. The van der Waals surface area contributed by atoms with E-state index in [4.69, 9.17) is 4.74 Å². The molecule has 8 nitrogen and oxygen atoms in total. The number of nitro benzene ring substituents is 1. The Morgan fingerprint density at radius 3 is 2.33 bits per heavy atom. The highest BCUT2D eigenvalue weighted by atomic mass is 16.6. The van der Waals surface area contributed by atoms with Crippen LogP contribution in [-0.4, -0.2) is 30.6 Å². The average molecular weight is 371 g/mol. The number of carbonyl (C=O) groups excluding carboxylic acids is 2. The van der Waals surface area contributed by atoms with Crippen LogP contribution in [0.4, 0.5) is 21.9 Å². The summed E-state index contributed by atoms with van der Waals surface area (Å²) in [5.74, 6) is -0.664. The number of hydrogen-bond acceptors (Lipinski definition) is 5. The van der Waals surface area contributed by atoms with Crippen molar-refractivity contribution in [1.29, 1.82) is 0 Å². The van der Waals surface area contributed by atoms with E-state index in [1.807, 2.05) is 32.9 Å². The second kappa shape index (κ2) is 8.31. The van der Waals surface area contributed by atoms with E-state index >= 15 is 0 Å². The van der Waals surface area contributed by atoms with Crippen LogP contribution in [0, 0.1) is 30.9 Å². The monoisotopic (exact) mass is 371 g/mol. The van der Waals surface area contributed by atoms with Crippen molar-refractivity contribution in [3.8, 4) is 0 Å². The number of para-hydroxylation sites is 2. The summed E-state index contributed by atoms with van der Waals surface area (Å²) in [5.41, 5.74) is 3.43. The fourth-order valence-corrected chi connectivity index (χ4v) is 2.94. The average Bonchev–Trinajstić information content (AvgIpc) is 2.58. The van der Waals surface area contributed by atoms with Crippen molar-refractivity contribution in [2.45, 2.75) is 20.8 Å². The first-order valence-electron chi connectivity index (χ1n) is 8.22. The van der Waals surface area contributed by atoms with E-state index in [-0.39, 0.29) is 11.4 Å². The summed E-state index contributed by atoms with van der Waals surface area (Å²) in [6.45, 7) is 5.19. The summed E-state index contributed by atoms with van der Waals surface area (Å²) < 4.78 is 5.04. The zero-order chi connectivity index (χ0) is 20.1. The molecule has 27 heavy (non-hydrogen) atoms. The highest BCUT2D eigenvalue weighted by molar-refractivity contribution is 5.96. The second-order valence-electron chi connectivity index (χ2n) is 6.18. The van der Waals surface area contributed by atoms with Gasteiger partial charge >= 0.3 is 6.09 Å². The molecule has 0 aliphatic carbocycles. The van der Waals surface area contributed by atoms with Crippen LogP contribution in [0.1, 0.15) is 16.7 Å². The van der Waals surface area contributed by atoms with Gasteiger partial charge in [0, 0.05) is 13.1 Å². The van der Waals surface area contributed by atoms with Crippen molar-refractivity contribution in [2.75, 3.05) is 23.9 Å². The van der Waals surface area contributed by atoms with E-state index in [1.54, 1.807) is 13.1 Å². The molecule has 0 saturated carbocycles. The Labute approximate surface area is 156 Å². The molecule has 0 radical (unpaired) electrons. The lowest BCUT2D eigenvalue weighted by molar-refractivity contribution is -0.383. The minimum absolute atomic E-state index is 0.0436. The maximum Gasteiger partial charge on any atom is 0.414 e. The maximum atomic E-state index is 12.3. The van der Waals surface area contributed by atoms with Crippen molar-refractivity contribution < 1.29 is 19.2 Å². The fourth-order valence-electron chi connectivity index (χ4n) is 2.94. The minimum Gasteiger partial charge on any atom is -0.439 e. The van der Waals surface area contributed by atoms with Gasteiger partial charge in [-0.3, -0.25) is 19.8 Å². The molecule has 0 spiro atoms. The summed E-state index contributed by atoms with van der Waals surface area (Å²) in [7, 11) is 1.56. The summed E-state index contributed by atoms with van der Waals surface area (Å²) in [6, 6.07) is 9.64. The Balaban J connectivity index is 2.01. The molecule has 2 aromatic rings. The number of amides is 2. The fraction of sp³-hybridized carbons (Fsp3) is 0.263. The number of aryl methyl sites for hydroxylation is 3. The van der Waals surface area contributed by atoms with E-state index in [9.17, 15) is 19.7 Å². The number of ether oxygens (including phenoxy) is 1. The number of nitrogens with one attached hydrogen (secondary N) is 1. The Hall–Kier alpha value is -3.42. The van der Waals surface area contributed by atoms with Crippen LogP contribution in [0.25, 0.3) is 0 Å². The predicted octanol–water partition coefficient (Wildman–Crippen LogP) is 3.73. The number of hydrogen-bond donors (Lipinski definition) is 1. The van der Waals surface area contributed by atoms with E-state index in [2.05, 4.69) is 5.32 Å². The number of benzene rings is 2. The third kappa shape index (κ3) is 4.81. The first kappa shape index (κ1) is 19.9. The third-order valence-electron chi connectivity index (χ3n) is 3.95. The molecule has 0 unspecified atom stereocenters. The molecule has 8 heteroatoms. The highest BCUT2D eigenvalue weighted by Gasteiger charge is 2.19. The van der Waals surface area contributed by atoms with Crippen molar-refractivity contribution in [1.82, 2.24) is 0 Å². The Bertz CT molecular complexity index is 872. The van der Waals surface area contributed by atoms with Gasteiger partial charge in [-0.25, -0.2) is 4.79 Å². The maximum absolute atomic E-state index is 12.3. The van der Waals surface area contributed by atoms with Crippen LogP contribution in [0.5, 0.6) is 0 Å². The van der Waals surface area contributed by atoms with Crippen LogP contribution >= 0.6 is 0 Å². The molecular formula is C19H21N3O5. The third-order valence-corrected chi connectivity index (χ3v) is 3.95. The molecule has 1 N–H and O–H groups in total. The van der Waals surface area contributed by atoms with Gasteiger partial charge in [-0.05, 0) is 38.0 Å². The van der Waals surface area contributed by atoms with E-state index in [0.29, 0.717) is 5.69 Å². The molecule has 0 heterocycles. The molecule has 0 atom stereocenters. The van der Waals surface area contributed by atoms with Gasteiger partial charge in [0.1, 0.15) is 5.69 Å². The summed E-state index contributed by atoms with van der Waals surface area (Å²) in [4.78, 5) is 36.0. The topological polar surface area (TPSA) is 102 Å². The van der Waals surface area contributed by atoms with Crippen molar-refractivity contribution in [3.05, 3.63) is 63.2 Å². The van der Waals surface area contributed by atoms with Crippen LogP contribution in [0.3, 0.4) is 0 Å². The van der Waals surface area contributed by atoms with Crippen LogP contribution < -0.4 is 10.2 Å². The number of nitrogens with zero attached hydrogens (tertiary/aromatic N) is 2. The second-order valence-corrected chi connectivity index (χ2v) is 6.18. The molecular weight excluding hydrogens is 350 g/mol. The quantitative estimate of drug-likeness (QED) is 0.637. The first-order chi connectivity index (χ1) is 12.7. The van der Waals surface area contributed by atoms with Crippen molar-refractivity contribution in [3.63, 3.8) is 0 Å². The van der Waals surface area contributed by atoms with E-state index in [1.165, 1.54) is 23.1 Å². The largest absolute Gasteiger partial charge is 0.439 e. The van der Waals surface area contributed by atoms with Crippen molar-refractivity contribution >= 4 is 29.1 Å². The lowest BCUT2D eigenvalue weighted by atomic mass is 10.0. The highest BCUT2D eigenvalue weighted by Crippen LogP contribution is 2.26. The molecule has 0 fully saturated rings. The zero-order valence-corrected chi connectivity index (χ0v) is 15.6. The van der Waals surface area contributed by atoms with Crippen LogP contribution in [-0.2, 0) is 9.53 Å². The van der Waals surface area contributed by atoms with Gasteiger partial charge in [0.05, 0.1) is 10.6 Å². The molecule has 142 valence electrons. The Kier molecular flexibility index (Phi) is 6.12. The first-order valence-corrected chi connectivity index (χ1v) is 8.22.